The molecule has 0 saturated carbocycles. The van der Waals surface area contributed by atoms with Gasteiger partial charge in [0.2, 0.25) is 5.91 Å². The Morgan fingerprint density at radius 2 is 2.00 bits per heavy atom. The Kier molecular flexibility index (Phi) is 6.60. The summed E-state index contributed by atoms with van der Waals surface area (Å²) in [6.07, 6.45) is 2.33. The molecular formula is C24H30N6O3. The van der Waals surface area contributed by atoms with Crippen LogP contribution in [0.4, 0.5) is 11.4 Å². The molecule has 4 rings (SSSR count). The van der Waals surface area contributed by atoms with Crippen LogP contribution in [-0.2, 0) is 4.79 Å². The fourth-order valence-corrected chi connectivity index (χ4v) is 4.40. The molecule has 2 aliphatic rings. The van der Waals surface area contributed by atoms with Crippen molar-refractivity contribution in [2.75, 3.05) is 44.4 Å². The molecule has 3 amide bonds. The molecule has 4 N–H and O–H groups in total. The van der Waals surface area contributed by atoms with Crippen LogP contribution in [0.2, 0.25) is 0 Å². The molecule has 0 bridgehead atoms. The standard InChI is InChI=1S/C24H30N6O3/c1-14-12-27-24(33)21-20(14)17-11-15(5-7-18(17)29-21)22(31)28-16-6-8-19(26-13-16)23(32)25-9-4-10-30(2)3/h5-8,11,13-14,20-21,29H,4,9-10,12H2,1-3H3,(H,25,32)(H,27,33)(H,28,31). The molecule has 174 valence electrons. The Hall–Kier alpha value is -3.46. The summed E-state index contributed by atoms with van der Waals surface area (Å²) in [5.74, 6) is -0.202. The van der Waals surface area contributed by atoms with Gasteiger partial charge in [0.15, 0.2) is 0 Å². The smallest absolute Gasteiger partial charge is 0.269 e. The third-order valence-corrected chi connectivity index (χ3v) is 6.16. The van der Waals surface area contributed by atoms with E-state index in [2.05, 4.69) is 38.1 Å². The Balaban J connectivity index is 1.38. The highest BCUT2D eigenvalue weighted by Crippen LogP contribution is 2.42. The maximum Gasteiger partial charge on any atom is 0.269 e. The molecule has 3 unspecified atom stereocenters. The number of aromatic nitrogens is 1. The molecule has 2 aliphatic heterocycles. The maximum atomic E-state index is 12.8. The van der Waals surface area contributed by atoms with E-state index in [1.165, 1.54) is 6.20 Å². The van der Waals surface area contributed by atoms with Crippen LogP contribution in [0.25, 0.3) is 0 Å². The topological polar surface area (TPSA) is 115 Å². The van der Waals surface area contributed by atoms with E-state index in [9.17, 15) is 14.4 Å². The van der Waals surface area contributed by atoms with Gasteiger partial charge in [-0.1, -0.05) is 6.92 Å². The number of nitrogens with one attached hydrogen (secondary N) is 4. The summed E-state index contributed by atoms with van der Waals surface area (Å²) in [5.41, 5.74) is 3.21. The van der Waals surface area contributed by atoms with Crippen molar-refractivity contribution in [3.8, 4) is 0 Å². The summed E-state index contributed by atoms with van der Waals surface area (Å²) in [5, 5.41) is 11.9. The number of hydrogen-bond donors (Lipinski definition) is 4. The van der Waals surface area contributed by atoms with Gasteiger partial charge in [0.25, 0.3) is 11.8 Å². The second-order valence-electron chi connectivity index (χ2n) is 8.97. The van der Waals surface area contributed by atoms with E-state index in [-0.39, 0.29) is 35.6 Å². The Morgan fingerprint density at radius 3 is 2.73 bits per heavy atom. The van der Waals surface area contributed by atoms with Crippen LogP contribution in [0.5, 0.6) is 0 Å². The molecule has 1 aromatic carbocycles. The lowest BCUT2D eigenvalue weighted by Crippen LogP contribution is -2.49. The molecule has 3 atom stereocenters. The lowest BCUT2D eigenvalue weighted by Gasteiger charge is -2.31. The predicted molar refractivity (Wildman–Crippen MR) is 126 cm³/mol. The van der Waals surface area contributed by atoms with E-state index in [1.807, 2.05) is 26.2 Å². The number of nitrogens with zero attached hydrogens (tertiary/aromatic N) is 2. The summed E-state index contributed by atoms with van der Waals surface area (Å²) >= 11 is 0. The van der Waals surface area contributed by atoms with Crippen LogP contribution in [-0.4, -0.2) is 67.4 Å². The van der Waals surface area contributed by atoms with Crippen molar-refractivity contribution in [1.29, 1.82) is 0 Å². The molecule has 9 nitrogen and oxygen atoms in total. The first-order valence-electron chi connectivity index (χ1n) is 11.2. The fourth-order valence-electron chi connectivity index (χ4n) is 4.40. The number of carbonyl (C=O) groups excluding carboxylic acids is 3. The van der Waals surface area contributed by atoms with Crippen molar-refractivity contribution < 1.29 is 14.4 Å². The SMILES string of the molecule is CC1CNC(=O)C2Nc3ccc(C(=O)Nc4ccc(C(=O)NCCCN(C)C)nc4)cc3C12. The van der Waals surface area contributed by atoms with Crippen LogP contribution in [0, 0.1) is 5.92 Å². The number of piperidine rings is 1. The summed E-state index contributed by atoms with van der Waals surface area (Å²) < 4.78 is 0. The lowest BCUT2D eigenvalue weighted by molar-refractivity contribution is -0.124. The number of pyridine rings is 1. The van der Waals surface area contributed by atoms with Crippen LogP contribution in [0.15, 0.2) is 36.5 Å². The third-order valence-electron chi connectivity index (χ3n) is 6.16. The number of carbonyl (C=O) groups is 3. The van der Waals surface area contributed by atoms with Gasteiger partial charge in [-0.15, -0.1) is 0 Å². The average molecular weight is 451 g/mol. The zero-order valence-corrected chi connectivity index (χ0v) is 19.1. The first-order chi connectivity index (χ1) is 15.8. The van der Waals surface area contributed by atoms with Gasteiger partial charge < -0.3 is 26.2 Å². The first kappa shape index (κ1) is 22.7. The molecule has 3 heterocycles. The van der Waals surface area contributed by atoms with E-state index >= 15 is 0 Å². The second kappa shape index (κ2) is 9.58. The van der Waals surface area contributed by atoms with E-state index in [0.717, 1.165) is 24.2 Å². The van der Waals surface area contributed by atoms with Gasteiger partial charge in [-0.2, -0.15) is 0 Å². The molecule has 0 radical (unpaired) electrons. The first-order valence-corrected chi connectivity index (χ1v) is 11.2. The van der Waals surface area contributed by atoms with Gasteiger partial charge in [0.1, 0.15) is 11.7 Å². The Morgan fingerprint density at radius 1 is 1.18 bits per heavy atom. The Bertz CT molecular complexity index is 1050. The average Bonchev–Trinajstić information content (AvgIpc) is 3.19. The highest BCUT2D eigenvalue weighted by molar-refractivity contribution is 6.05. The molecule has 0 spiro atoms. The van der Waals surface area contributed by atoms with Crippen LogP contribution in [0.3, 0.4) is 0 Å². The summed E-state index contributed by atoms with van der Waals surface area (Å²) in [6, 6.07) is 8.41. The van der Waals surface area contributed by atoms with Crippen molar-refractivity contribution >= 4 is 29.1 Å². The van der Waals surface area contributed by atoms with Crippen molar-refractivity contribution in [3.05, 3.63) is 53.3 Å². The number of rotatable bonds is 7. The fraction of sp³-hybridized carbons (Fsp3) is 0.417. The van der Waals surface area contributed by atoms with Gasteiger partial charge in [-0.3, -0.25) is 14.4 Å². The van der Waals surface area contributed by atoms with E-state index < -0.39 is 0 Å². The zero-order valence-electron chi connectivity index (χ0n) is 19.1. The largest absolute Gasteiger partial charge is 0.373 e. The Labute approximate surface area is 193 Å². The van der Waals surface area contributed by atoms with E-state index in [1.54, 1.807) is 18.2 Å². The minimum absolute atomic E-state index is 0.00629. The van der Waals surface area contributed by atoms with Crippen LogP contribution in [0.1, 0.15) is 45.7 Å². The number of benzene rings is 1. The summed E-state index contributed by atoms with van der Waals surface area (Å²) in [6.45, 7) is 4.20. The summed E-state index contributed by atoms with van der Waals surface area (Å²) in [7, 11) is 3.98. The predicted octanol–water partition coefficient (Wildman–Crippen LogP) is 1.66. The quantitative estimate of drug-likeness (QED) is 0.477. The molecule has 2 aromatic rings. The molecule has 1 aromatic heterocycles. The van der Waals surface area contributed by atoms with Crippen LogP contribution < -0.4 is 21.3 Å². The number of fused-ring (bicyclic) bond motifs is 3. The van der Waals surface area contributed by atoms with Gasteiger partial charge >= 0.3 is 0 Å². The normalized spacial score (nSPS) is 21.0. The summed E-state index contributed by atoms with van der Waals surface area (Å²) in [4.78, 5) is 43.5. The van der Waals surface area contributed by atoms with Crippen molar-refractivity contribution in [2.45, 2.75) is 25.3 Å². The lowest BCUT2D eigenvalue weighted by atomic mass is 9.80. The molecular weight excluding hydrogens is 420 g/mol. The highest BCUT2D eigenvalue weighted by Gasteiger charge is 2.43. The number of hydrogen-bond acceptors (Lipinski definition) is 6. The molecule has 1 saturated heterocycles. The van der Waals surface area contributed by atoms with Crippen molar-refractivity contribution in [1.82, 2.24) is 20.5 Å². The van der Waals surface area contributed by atoms with Gasteiger partial charge in [0.05, 0.1) is 11.9 Å². The molecule has 1 fully saturated rings. The monoisotopic (exact) mass is 450 g/mol. The molecule has 33 heavy (non-hydrogen) atoms. The van der Waals surface area contributed by atoms with Gasteiger partial charge in [-0.25, -0.2) is 4.98 Å². The van der Waals surface area contributed by atoms with Gasteiger partial charge in [-0.05, 0) is 68.9 Å². The van der Waals surface area contributed by atoms with E-state index in [0.29, 0.717) is 30.0 Å². The molecule has 9 heteroatoms. The highest BCUT2D eigenvalue weighted by atomic mass is 16.2. The number of amides is 3. The minimum Gasteiger partial charge on any atom is -0.373 e. The third kappa shape index (κ3) is 4.98. The maximum absolute atomic E-state index is 12.8. The number of anilines is 2. The van der Waals surface area contributed by atoms with E-state index in [4.69, 9.17) is 0 Å². The van der Waals surface area contributed by atoms with Gasteiger partial charge in [0, 0.05) is 30.3 Å². The van der Waals surface area contributed by atoms with Crippen molar-refractivity contribution in [3.63, 3.8) is 0 Å². The zero-order chi connectivity index (χ0) is 23.5. The minimum atomic E-state index is -0.298. The molecule has 0 aliphatic carbocycles. The second-order valence-corrected chi connectivity index (χ2v) is 8.97. The van der Waals surface area contributed by atoms with Crippen LogP contribution >= 0.6 is 0 Å². The van der Waals surface area contributed by atoms with Crippen molar-refractivity contribution in [2.24, 2.45) is 5.92 Å².